The van der Waals surface area contributed by atoms with Crippen molar-refractivity contribution < 1.29 is 18.0 Å². The van der Waals surface area contributed by atoms with E-state index in [4.69, 9.17) is 5.73 Å². The summed E-state index contributed by atoms with van der Waals surface area (Å²) in [6.45, 7) is -0.00460. The van der Waals surface area contributed by atoms with Gasteiger partial charge in [-0.3, -0.25) is 9.48 Å². The van der Waals surface area contributed by atoms with Gasteiger partial charge in [0.2, 0.25) is 0 Å². The van der Waals surface area contributed by atoms with Crippen molar-refractivity contribution in [3.63, 3.8) is 0 Å². The van der Waals surface area contributed by atoms with Gasteiger partial charge in [-0.25, -0.2) is 4.98 Å². The van der Waals surface area contributed by atoms with Gasteiger partial charge in [0.05, 0.1) is 17.7 Å². The minimum Gasteiger partial charge on any atom is -0.398 e. The van der Waals surface area contributed by atoms with E-state index in [0.717, 1.165) is 18.2 Å². The van der Waals surface area contributed by atoms with E-state index in [-0.39, 0.29) is 17.8 Å². The lowest BCUT2D eigenvalue weighted by Gasteiger charge is -2.11. The number of aryl methyl sites for hydroxylation is 1. The Balaban J connectivity index is 2.15. The number of nitrogens with zero attached hydrogens (tertiary/aromatic N) is 3. The second kappa shape index (κ2) is 5.43. The molecule has 0 bridgehead atoms. The van der Waals surface area contributed by atoms with Crippen molar-refractivity contribution in [2.75, 3.05) is 5.73 Å². The van der Waals surface area contributed by atoms with Gasteiger partial charge in [-0.2, -0.15) is 18.3 Å². The number of nitrogens with two attached hydrogens (primary N) is 1. The number of hydrogen-bond donors (Lipinski definition) is 2. The predicted molar refractivity (Wildman–Crippen MR) is 68.0 cm³/mol. The van der Waals surface area contributed by atoms with Gasteiger partial charge in [-0.15, -0.1) is 0 Å². The molecular formula is C12H12F3N5O. The number of alkyl halides is 3. The highest BCUT2D eigenvalue weighted by Gasteiger charge is 2.31. The lowest BCUT2D eigenvalue weighted by atomic mass is 10.1. The van der Waals surface area contributed by atoms with Gasteiger partial charge < -0.3 is 11.1 Å². The average molecular weight is 299 g/mol. The Morgan fingerprint density at radius 3 is 2.71 bits per heavy atom. The van der Waals surface area contributed by atoms with Crippen LogP contribution in [-0.4, -0.2) is 20.7 Å². The van der Waals surface area contributed by atoms with Crippen LogP contribution in [0.25, 0.3) is 0 Å². The fraction of sp³-hybridized carbons (Fsp3) is 0.250. The highest BCUT2D eigenvalue weighted by molar-refractivity contribution is 5.99. The van der Waals surface area contributed by atoms with Gasteiger partial charge in [0.25, 0.3) is 5.91 Å². The summed E-state index contributed by atoms with van der Waals surface area (Å²) in [4.78, 5) is 15.8. The van der Waals surface area contributed by atoms with Crippen molar-refractivity contribution in [2.45, 2.75) is 12.7 Å². The Bertz CT molecular complexity index is 665. The first kappa shape index (κ1) is 14.8. The SMILES string of the molecule is Cn1cnc(CNC(=O)c2cc(C(F)(F)F)ccc2N)n1. The lowest BCUT2D eigenvalue weighted by molar-refractivity contribution is -0.137. The molecule has 0 saturated carbocycles. The molecule has 2 aromatic rings. The zero-order valence-corrected chi connectivity index (χ0v) is 11.0. The first-order chi connectivity index (χ1) is 9.77. The lowest BCUT2D eigenvalue weighted by Crippen LogP contribution is -2.25. The van der Waals surface area contributed by atoms with E-state index in [9.17, 15) is 18.0 Å². The summed E-state index contributed by atoms with van der Waals surface area (Å²) in [5.41, 5.74) is 4.34. The molecule has 0 fully saturated rings. The molecule has 21 heavy (non-hydrogen) atoms. The molecular weight excluding hydrogens is 287 g/mol. The molecule has 1 aromatic heterocycles. The van der Waals surface area contributed by atoms with Crippen LogP contribution < -0.4 is 11.1 Å². The van der Waals surface area contributed by atoms with Gasteiger partial charge in [0.1, 0.15) is 6.33 Å². The molecule has 1 heterocycles. The van der Waals surface area contributed by atoms with Crippen molar-refractivity contribution in [1.29, 1.82) is 0 Å². The number of anilines is 1. The fourth-order valence-electron chi connectivity index (χ4n) is 1.65. The maximum Gasteiger partial charge on any atom is 0.416 e. The van der Waals surface area contributed by atoms with Crippen LogP contribution in [-0.2, 0) is 19.8 Å². The number of amides is 1. The molecule has 0 atom stereocenters. The third-order valence-electron chi connectivity index (χ3n) is 2.68. The Morgan fingerprint density at radius 2 is 2.14 bits per heavy atom. The van der Waals surface area contributed by atoms with E-state index in [1.54, 1.807) is 7.05 Å². The normalized spacial score (nSPS) is 11.4. The number of carbonyl (C=O) groups is 1. The zero-order valence-electron chi connectivity index (χ0n) is 11.0. The van der Waals surface area contributed by atoms with Crippen molar-refractivity contribution in [1.82, 2.24) is 20.1 Å². The van der Waals surface area contributed by atoms with Gasteiger partial charge >= 0.3 is 6.18 Å². The number of rotatable bonds is 3. The molecule has 112 valence electrons. The zero-order chi connectivity index (χ0) is 15.6. The summed E-state index contributed by atoms with van der Waals surface area (Å²) in [5.74, 6) is -0.373. The maximum absolute atomic E-state index is 12.6. The number of halogens is 3. The number of aromatic nitrogens is 3. The molecule has 2 rings (SSSR count). The summed E-state index contributed by atoms with van der Waals surface area (Å²) >= 11 is 0. The second-order valence-corrected chi connectivity index (χ2v) is 4.32. The molecule has 0 aliphatic heterocycles. The van der Waals surface area contributed by atoms with Crippen LogP contribution in [0.4, 0.5) is 18.9 Å². The van der Waals surface area contributed by atoms with E-state index in [0.29, 0.717) is 5.82 Å². The molecule has 0 unspecified atom stereocenters. The van der Waals surface area contributed by atoms with E-state index in [1.807, 2.05) is 0 Å². The number of benzene rings is 1. The summed E-state index contributed by atoms with van der Waals surface area (Å²) in [5, 5.41) is 6.36. The maximum atomic E-state index is 12.6. The molecule has 9 heteroatoms. The number of nitrogen functional groups attached to an aromatic ring is 1. The Morgan fingerprint density at radius 1 is 1.43 bits per heavy atom. The summed E-state index contributed by atoms with van der Waals surface area (Å²) < 4.78 is 39.3. The van der Waals surface area contributed by atoms with Crippen LogP contribution in [0.5, 0.6) is 0 Å². The van der Waals surface area contributed by atoms with Gasteiger partial charge in [0.15, 0.2) is 5.82 Å². The molecule has 3 N–H and O–H groups in total. The minimum atomic E-state index is -4.54. The fourth-order valence-corrected chi connectivity index (χ4v) is 1.65. The molecule has 0 radical (unpaired) electrons. The molecule has 1 aromatic carbocycles. The highest BCUT2D eigenvalue weighted by Crippen LogP contribution is 2.31. The largest absolute Gasteiger partial charge is 0.416 e. The van der Waals surface area contributed by atoms with Crippen LogP contribution in [0.1, 0.15) is 21.7 Å². The monoisotopic (exact) mass is 299 g/mol. The van der Waals surface area contributed by atoms with Gasteiger partial charge in [-0.05, 0) is 18.2 Å². The number of carbonyl (C=O) groups excluding carboxylic acids is 1. The van der Waals surface area contributed by atoms with E-state index in [2.05, 4.69) is 15.4 Å². The van der Waals surface area contributed by atoms with Crippen LogP contribution in [0.15, 0.2) is 24.5 Å². The van der Waals surface area contributed by atoms with Crippen LogP contribution >= 0.6 is 0 Å². The van der Waals surface area contributed by atoms with Crippen molar-refractivity contribution >= 4 is 11.6 Å². The predicted octanol–water partition coefficient (Wildman–Crippen LogP) is 1.35. The quantitative estimate of drug-likeness (QED) is 0.838. The van der Waals surface area contributed by atoms with Crippen molar-refractivity contribution in [3.05, 3.63) is 41.5 Å². The smallest absolute Gasteiger partial charge is 0.398 e. The highest BCUT2D eigenvalue weighted by atomic mass is 19.4. The third-order valence-corrected chi connectivity index (χ3v) is 2.68. The first-order valence-electron chi connectivity index (χ1n) is 5.87. The topological polar surface area (TPSA) is 85.8 Å². The second-order valence-electron chi connectivity index (χ2n) is 4.32. The summed E-state index contributed by atoms with van der Waals surface area (Å²) in [6, 6.07) is 2.60. The standard InChI is InChI=1S/C12H12F3N5O/c1-20-6-18-10(19-20)5-17-11(21)8-4-7(12(13,14)15)2-3-9(8)16/h2-4,6H,5,16H2,1H3,(H,17,21). The molecule has 0 spiro atoms. The first-order valence-corrected chi connectivity index (χ1v) is 5.87. The summed E-state index contributed by atoms with van der Waals surface area (Å²) in [6.07, 6.45) is -3.09. The van der Waals surface area contributed by atoms with Crippen LogP contribution in [0.2, 0.25) is 0 Å². The van der Waals surface area contributed by atoms with E-state index < -0.39 is 17.6 Å². The number of hydrogen-bond acceptors (Lipinski definition) is 4. The van der Waals surface area contributed by atoms with E-state index >= 15 is 0 Å². The van der Waals surface area contributed by atoms with Crippen molar-refractivity contribution in [2.24, 2.45) is 7.05 Å². The molecule has 0 saturated heterocycles. The Kier molecular flexibility index (Phi) is 3.83. The van der Waals surface area contributed by atoms with E-state index in [1.165, 1.54) is 11.0 Å². The molecule has 6 nitrogen and oxygen atoms in total. The Hall–Kier alpha value is -2.58. The summed E-state index contributed by atoms with van der Waals surface area (Å²) in [7, 11) is 1.66. The number of nitrogens with one attached hydrogen (secondary N) is 1. The minimum absolute atomic E-state index is 0.00460. The van der Waals surface area contributed by atoms with Gasteiger partial charge in [0, 0.05) is 12.7 Å². The molecule has 1 amide bonds. The average Bonchev–Trinajstić information content (AvgIpc) is 2.81. The molecule has 0 aliphatic rings. The van der Waals surface area contributed by atoms with Crippen molar-refractivity contribution in [3.8, 4) is 0 Å². The van der Waals surface area contributed by atoms with Gasteiger partial charge in [-0.1, -0.05) is 0 Å². The van der Waals surface area contributed by atoms with Crippen LogP contribution in [0, 0.1) is 0 Å². The molecule has 0 aliphatic carbocycles. The Labute approximate surface area is 117 Å². The van der Waals surface area contributed by atoms with Crippen LogP contribution in [0.3, 0.4) is 0 Å². The third kappa shape index (κ3) is 3.50.